The van der Waals surface area contributed by atoms with Gasteiger partial charge in [-0.2, -0.15) is 0 Å². The first kappa shape index (κ1) is 15.3. The van der Waals surface area contributed by atoms with Gasteiger partial charge in [-0.25, -0.2) is 4.98 Å². The van der Waals surface area contributed by atoms with E-state index >= 15 is 0 Å². The van der Waals surface area contributed by atoms with E-state index in [1.807, 2.05) is 25.1 Å². The Hall–Kier alpha value is -2.25. The minimum atomic E-state index is 0.843. The summed E-state index contributed by atoms with van der Waals surface area (Å²) in [6.45, 7) is 4.70. The molecule has 0 unspecified atom stereocenters. The Morgan fingerprint density at radius 3 is 3.04 bits per heavy atom. The van der Waals surface area contributed by atoms with Crippen LogP contribution in [-0.4, -0.2) is 38.7 Å². The second-order valence-electron chi connectivity index (χ2n) is 5.92. The van der Waals surface area contributed by atoms with Gasteiger partial charge in [0.15, 0.2) is 0 Å². The molecule has 3 heterocycles. The molecule has 24 heavy (non-hydrogen) atoms. The van der Waals surface area contributed by atoms with Crippen LogP contribution in [-0.2, 0) is 19.5 Å². The van der Waals surface area contributed by atoms with Crippen LogP contribution >= 0.6 is 11.3 Å². The van der Waals surface area contributed by atoms with Crippen LogP contribution in [0, 0.1) is 6.92 Å². The maximum Gasteiger partial charge on any atom is 0.137 e. The van der Waals surface area contributed by atoms with Crippen molar-refractivity contribution in [3.63, 3.8) is 0 Å². The zero-order valence-electron chi connectivity index (χ0n) is 13.7. The molecule has 0 radical (unpaired) electrons. The van der Waals surface area contributed by atoms with Crippen molar-refractivity contribution >= 4 is 11.3 Å². The molecule has 0 amide bonds. The zero-order chi connectivity index (χ0) is 16.5. The molecule has 7 heteroatoms. The van der Waals surface area contributed by atoms with Crippen LogP contribution in [0.4, 0.5) is 0 Å². The van der Waals surface area contributed by atoms with E-state index in [-0.39, 0.29) is 0 Å². The summed E-state index contributed by atoms with van der Waals surface area (Å²) in [4.78, 5) is 10.6. The lowest BCUT2D eigenvalue weighted by Crippen LogP contribution is -2.30. The quantitative estimate of drug-likeness (QED) is 0.790. The predicted molar refractivity (Wildman–Crippen MR) is 93.0 cm³/mol. The molecular weight excluding hydrogens is 322 g/mol. The van der Waals surface area contributed by atoms with E-state index in [9.17, 15) is 0 Å². The van der Waals surface area contributed by atoms with Crippen molar-refractivity contribution in [2.24, 2.45) is 0 Å². The number of nitrogens with one attached hydrogen (secondary N) is 1. The number of fused-ring (bicyclic) bond motifs is 1. The molecule has 0 bridgehead atoms. The number of benzene rings is 1. The molecule has 3 aromatic rings. The fourth-order valence-electron chi connectivity index (χ4n) is 2.98. The monoisotopic (exact) mass is 341 g/mol. The molecule has 6 nitrogen and oxygen atoms in total. The second kappa shape index (κ2) is 6.33. The first-order valence-electron chi connectivity index (χ1n) is 7.95. The van der Waals surface area contributed by atoms with Gasteiger partial charge in [0, 0.05) is 25.1 Å². The minimum absolute atomic E-state index is 0.843. The predicted octanol–water partition coefficient (Wildman–Crippen LogP) is 2.80. The maximum absolute atomic E-state index is 5.30. The van der Waals surface area contributed by atoms with Crippen molar-refractivity contribution < 1.29 is 4.74 Å². The van der Waals surface area contributed by atoms with Gasteiger partial charge in [-0.3, -0.25) is 4.90 Å². The first-order valence-corrected chi connectivity index (χ1v) is 8.76. The van der Waals surface area contributed by atoms with Crippen LogP contribution in [0.25, 0.3) is 11.4 Å². The van der Waals surface area contributed by atoms with Gasteiger partial charge in [0.05, 0.1) is 25.0 Å². The van der Waals surface area contributed by atoms with Crippen molar-refractivity contribution in [2.45, 2.75) is 26.4 Å². The van der Waals surface area contributed by atoms with Crippen LogP contribution in [0.5, 0.6) is 5.75 Å². The average Bonchev–Trinajstić information content (AvgIpc) is 3.20. The lowest BCUT2D eigenvalue weighted by Gasteiger charge is -2.24. The van der Waals surface area contributed by atoms with Crippen molar-refractivity contribution in [3.05, 3.63) is 45.7 Å². The molecule has 0 fully saturated rings. The van der Waals surface area contributed by atoms with Gasteiger partial charge in [-0.05, 0) is 19.1 Å². The third-order valence-corrected chi connectivity index (χ3v) is 5.00. The number of methoxy groups -OCH3 is 1. The molecule has 2 aromatic heterocycles. The number of aryl methyl sites for hydroxylation is 1. The minimum Gasteiger partial charge on any atom is -0.497 e. The van der Waals surface area contributed by atoms with Gasteiger partial charge in [-0.1, -0.05) is 12.1 Å². The number of aromatic amines is 1. The Morgan fingerprint density at radius 1 is 1.33 bits per heavy atom. The van der Waals surface area contributed by atoms with Crippen LogP contribution in [0.15, 0.2) is 24.3 Å². The first-order chi connectivity index (χ1) is 11.7. The molecular formula is C17H19N5OS. The fourth-order valence-corrected chi connectivity index (χ4v) is 3.74. The van der Waals surface area contributed by atoms with E-state index in [0.717, 1.165) is 58.9 Å². The van der Waals surface area contributed by atoms with E-state index in [4.69, 9.17) is 9.72 Å². The van der Waals surface area contributed by atoms with Crippen LogP contribution in [0.2, 0.25) is 0 Å². The highest BCUT2D eigenvalue weighted by atomic mass is 32.1. The number of hydrogen-bond donors (Lipinski definition) is 1. The van der Waals surface area contributed by atoms with E-state index in [0.29, 0.717) is 0 Å². The van der Waals surface area contributed by atoms with E-state index in [1.165, 1.54) is 5.69 Å². The summed E-state index contributed by atoms with van der Waals surface area (Å²) in [5.74, 6) is 1.75. The number of ether oxygens (including phenoxy) is 1. The van der Waals surface area contributed by atoms with Gasteiger partial charge < -0.3 is 9.72 Å². The van der Waals surface area contributed by atoms with E-state index < -0.39 is 0 Å². The zero-order valence-corrected chi connectivity index (χ0v) is 14.6. The standard InChI is InChI=1S/C17H19N5OS/c1-11-20-21-16(24-11)10-22-7-6-14-15(9-22)19-17(18-14)12-4-3-5-13(8-12)23-2/h3-5,8H,6-7,9-10H2,1-2H3,(H,18,19). The van der Waals surface area contributed by atoms with Gasteiger partial charge in [0.1, 0.15) is 21.6 Å². The Balaban J connectivity index is 1.53. The molecule has 1 N–H and O–H groups in total. The molecule has 0 saturated heterocycles. The maximum atomic E-state index is 5.30. The third-order valence-electron chi connectivity index (χ3n) is 4.18. The molecule has 1 aliphatic rings. The highest BCUT2D eigenvalue weighted by Gasteiger charge is 2.21. The molecule has 0 spiro atoms. The van der Waals surface area contributed by atoms with Gasteiger partial charge in [-0.15, -0.1) is 21.5 Å². The highest BCUT2D eigenvalue weighted by molar-refractivity contribution is 7.11. The molecule has 0 aliphatic carbocycles. The second-order valence-corrected chi connectivity index (χ2v) is 7.18. The lowest BCUT2D eigenvalue weighted by atomic mass is 10.1. The topological polar surface area (TPSA) is 66.9 Å². The van der Waals surface area contributed by atoms with Crippen molar-refractivity contribution in [2.75, 3.05) is 13.7 Å². The summed E-state index contributed by atoms with van der Waals surface area (Å²) in [6, 6.07) is 7.98. The molecule has 0 saturated carbocycles. The van der Waals surface area contributed by atoms with Gasteiger partial charge in [0.2, 0.25) is 0 Å². The Bertz CT molecular complexity index is 856. The molecule has 4 rings (SSSR count). The molecule has 1 aromatic carbocycles. The van der Waals surface area contributed by atoms with Crippen molar-refractivity contribution in [1.82, 2.24) is 25.1 Å². The van der Waals surface area contributed by atoms with Crippen molar-refractivity contribution in [3.8, 4) is 17.1 Å². The number of rotatable bonds is 4. The summed E-state index contributed by atoms with van der Waals surface area (Å²) in [5, 5.41) is 10.4. The fraction of sp³-hybridized carbons (Fsp3) is 0.353. The molecule has 124 valence electrons. The summed E-state index contributed by atoms with van der Waals surface area (Å²) < 4.78 is 5.30. The van der Waals surface area contributed by atoms with Crippen molar-refractivity contribution in [1.29, 1.82) is 0 Å². The SMILES string of the molecule is COc1cccc(-c2nc3c([nH]2)CN(Cc2nnc(C)s2)CC3)c1. The number of H-pyrrole nitrogens is 1. The van der Waals surface area contributed by atoms with Crippen LogP contribution < -0.4 is 4.74 Å². The summed E-state index contributed by atoms with van der Waals surface area (Å²) in [6.07, 6.45) is 0.952. The van der Waals surface area contributed by atoms with Crippen LogP contribution in [0.1, 0.15) is 21.4 Å². The summed E-state index contributed by atoms with van der Waals surface area (Å²) in [5.41, 5.74) is 3.41. The highest BCUT2D eigenvalue weighted by Crippen LogP contribution is 2.26. The van der Waals surface area contributed by atoms with Crippen LogP contribution in [0.3, 0.4) is 0 Å². The largest absolute Gasteiger partial charge is 0.497 e. The van der Waals surface area contributed by atoms with Gasteiger partial charge in [0.25, 0.3) is 0 Å². The van der Waals surface area contributed by atoms with E-state index in [1.54, 1.807) is 18.4 Å². The number of nitrogens with zero attached hydrogens (tertiary/aromatic N) is 4. The Morgan fingerprint density at radius 2 is 2.25 bits per heavy atom. The Labute approximate surface area is 144 Å². The molecule has 1 aliphatic heterocycles. The average molecular weight is 341 g/mol. The summed E-state index contributed by atoms with van der Waals surface area (Å²) >= 11 is 1.67. The van der Waals surface area contributed by atoms with E-state index in [2.05, 4.69) is 26.1 Å². The Kier molecular flexibility index (Phi) is 4.03. The normalized spacial score (nSPS) is 14.6. The summed E-state index contributed by atoms with van der Waals surface area (Å²) in [7, 11) is 1.68. The third kappa shape index (κ3) is 3.05. The molecule has 0 atom stereocenters. The smallest absolute Gasteiger partial charge is 0.137 e. The van der Waals surface area contributed by atoms with Gasteiger partial charge >= 0.3 is 0 Å². The number of hydrogen-bond acceptors (Lipinski definition) is 6. The number of aromatic nitrogens is 4. The lowest BCUT2D eigenvalue weighted by molar-refractivity contribution is 0.240. The number of imidazole rings is 1.